The summed E-state index contributed by atoms with van der Waals surface area (Å²) in [4.78, 5) is 10.7. The lowest BCUT2D eigenvalue weighted by Gasteiger charge is -2.22. The van der Waals surface area contributed by atoms with Gasteiger partial charge in [-0.05, 0) is 26.2 Å². The van der Waals surface area contributed by atoms with Gasteiger partial charge >= 0.3 is 7.60 Å². The first-order chi connectivity index (χ1) is 7.00. The summed E-state index contributed by atoms with van der Waals surface area (Å²) in [5.41, 5.74) is 0. The molecular formula is C9H20NO4P. The summed E-state index contributed by atoms with van der Waals surface area (Å²) in [5, 5.41) is 2.87. The van der Waals surface area contributed by atoms with E-state index in [9.17, 15) is 9.47 Å². The Morgan fingerprint density at radius 3 is 1.93 bits per heavy atom. The van der Waals surface area contributed by atoms with Crippen molar-refractivity contribution in [1.29, 1.82) is 0 Å². The van der Waals surface area contributed by atoms with Crippen molar-refractivity contribution in [3.63, 3.8) is 0 Å². The van der Waals surface area contributed by atoms with Crippen molar-refractivity contribution >= 4 is 7.60 Å². The average molecular weight is 237 g/mol. The first-order valence-corrected chi connectivity index (χ1v) is 6.82. The second-order valence-electron chi connectivity index (χ2n) is 3.59. The molecule has 5 nitrogen and oxygen atoms in total. The van der Waals surface area contributed by atoms with E-state index in [4.69, 9.17) is 9.05 Å². The van der Waals surface area contributed by atoms with E-state index in [1.807, 2.05) is 13.8 Å². The van der Waals surface area contributed by atoms with Crippen LogP contribution in [-0.2, 0) is 13.6 Å². The lowest BCUT2D eigenvalue weighted by atomic mass is 10.1. The summed E-state index contributed by atoms with van der Waals surface area (Å²) in [6.07, 6.45) is 0.417. The van der Waals surface area contributed by atoms with Crippen LogP contribution in [0.3, 0.4) is 0 Å². The van der Waals surface area contributed by atoms with Crippen molar-refractivity contribution in [2.75, 3.05) is 13.2 Å². The molecule has 0 aromatic rings. The Morgan fingerprint density at radius 1 is 1.20 bits per heavy atom. The van der Waals surface area contributed by atoms with Crippen molar-refractivity contribution < 1.29 is 13.6 Å². The van der Waals surface area contributed by atoms with Crippen LogP contribution in [-0.4, -0.2) is 19.0 Å². The predicted molar refractivity (Wildman–Crippen MR) is 59.9 cm³/mol. The van der Waals surface area contributed by atoms with Crippen molar-refractivity contribution in [1.82, 2.24) is 0 Å². The van der Waals surface area contributed by atoms with Gasteiger partial charge in [-0.1, -0.05) is 19.0 Å². The zero-order valence-corrected chi connectivity index (χ0v) is 10.7. The Hall–Kier alpha value is -0.250. The highest BCUT2D eigenvalue weighted by atomic mass is 31.2. The van der Waals surface area contributed by atoms with Gasteiger partial charge in [0.15, 0.2) is 5.78 Å². The smallest absolute Gasteiger partial charge is 0.307 e. The minimum absolute atomic E-state index is 0.224. The van der Waals surface area contributed by atoms with Gasteiger partial charge in [0.25, 0.3) is 0 Å². The molecule has 0 radical (unpaired) electrons. The van der Waals surface area contributed by atoms with Gasteiger partial charge in [0.1, 0.15) is 0 Å². The molecular weight excluding hydrogens is 217 g/mol. The molecule has 0 bridgehead atoms. The largest absolute Gasteiger partial charge is 0.358 e. The molecule has 0 saturated carbocycles. The van der Waals surface area contributed by atoms with Gasteiger partial charge in [-0.3, -0.25) is 4.57 Å². The van der Waals surface area contributed by atoms with Crippen molar-refractivity contribution in [3.05, 3.63) is 4.91 Å². The zero-order chi connectivity index (χ0) is 11.9. The van der Waals surface area contributed by atoms with Crippen molar-refractivity contribution in [2.24, 2.45) is 11.1 Å². The van der Waals surface area contributed by atoms with E-state index in [2.05, 4.69) is 5.18 Å². The maximum atomic E-state index is 12.1. The van der Waals surface area contributed by atoms with Gasteiger partial charge in [-0.2, -0.15) is 0 Å². The Labute approximate surface area is 91.0 Å². The molecule has 0 spiro atoms. The van der Waals surface area contributed by atoms with E-state index in [1.165, 1.54) is 0 Å². The Bertz CT molecular complexity index is 222. The standard InChI is InChI=1S/C9H20NO4P/c1-5-13-15(12,14-6-2)9(10-11)7-8(3)4/h8-9H,5-7H2,1-4H3. The van der Waals surface area contributed by atoms with E-state index in [1.54, 1.807) is 13.8 Å². The number of rotatable bonds is 8. The van der Waals surface area contributed by atoms with E-state index >= 15 is 0 Å². The molecule has 0 heterocycles. The zero-order valence-electron chi connectivity index (χ0n) is 9.80. The fraction of sp³-hybridized carbons (Fsp3) is 1.00. The van der Waals surface area contributed by atoms with Crippen LogP contribution in [0.4, 0.5) is 0 Å². The molecule has 6 heteroatoms. The molecule has 0 rings (SSSR count). The van der Waals surface area contributed by atoms with E-state index in [-0.39, 0.29) is 19.1 Å². The molecule has 1 unspecified atom stereocenters. The third kappa shape index (κ3) is 4.87. The van der Waals surface area contributed by atoms with E-state index in [0.29, 0.717) is 6.42 Å². The maximum absolute atomic E-state index is 12.1. The summed E-state index contributed by atoms with van der Waals surface area (Å²) in [6, 6.07) is 0. The Morgan fingerprint density at radius 2 is 1.67 bits per heavy atom. The second-order valence-corrected chi connectivity index (χ2v) is 5.78. The van der Waals surface area contributed by atoms with Crippen LogP contribution < -0.4 is 0 Å². The second kappa shape index (κ2) is 7.09. The highest BCUT2D eigenvalue weighted by molar-refractivity contribution is 7.54. The third-order valence-corrected chi connectivity index (χ3v) is 4.06. The van der Waals surface area contributed by atoms with Gasteiger partial charge in [-0.15, -0.1) is 4.91 Å². The molecule has 0 aliphatic rings. The molecule has 0 amide bonds. The Balaban J connectivity index is 4.68. The number of nitrogens with zero attached hydrogens (tertiary/aromatic N) is 1. The van der Waals surface area contributed by atoms with E-state index in [0.717, 1.165) is 0 Å². The quantitative estimate of drug-likeness (QED) is 0.479. The molecule has 0 N–H and O–H groups in total. The fourth-order valence-corrected chi connectivity index (χ4v) is 3.15. The van der Waals surface area contributed by atoms with Gasteiger partial charge in [0, 0.05) is 0 Å². The van der Waals surface area contributed by atoms with Gasteiger partial charge < -0.3 is 9.05 Å². The normalized spacial score (nSPS) is 14.2. The van der Waals surface area contributed by atoms with Crippen LogP contribution >= 0.6 is 7.60 Å². The maximum Gasteiger partial charge on any atom is 0.358 e. The molecule has 0 aliphatic carbocycles. The molecule has 90 valence electrons. The lowest BCUT2D eigenvalue weighted by molar-refractivity contribution is 0.209. The highest BCUT2D eigenvalue weighted by Crippen LogP contribution is 2.55. The van der Waals surface area contributed by atoms with Crippen LogP contribution in [0.15, 0.2) is 5.18 Å². The molecule has 0 aromatic carbocycles. The van der Waals surface area contributed by atoms with E-state index < -0.39 is 13.4 Å². The fourth-order valence-electron chi connectivity index (χ4n) is 1.22. The van der Waals surface area contributed by atoms with Gasteiger partial charge in [0.05, 0.1) is 13.2 Å². The van der Waals surface area contributed by atoms with Crippen LogP contribution in [0.25, 0.3) is 0 Å². The van der Waals surface area contributed by atoms with Crippen molar-refractivity contribution in [2.45, 2.75) is 39.9 Å². The summed E-state index contributed by atoms with van der Waals surface area (Å²) < 4.78 is 22.3. The number of nitroso groups, excluding NO2 is 1. The van der Waals surface area contributed by atoms with Crippen LogP contribution in [0.1, 0.15) is 34.1 Å². The number of hydrogen-bond acceptors (Lipinski definition) is 5. The minimum atomic E-state index is -3.36. The minimum Gasteiger partial charge on any atom is -0.307 e. The summed E-state index contributed by atoms with van der Waals surface area (Å²) in [5.74, 6) is -0.667. The molecule has 0 fully saturated rings. The van der Waals surface area contributed by atoms with Gasteiger partial charge in [0.2, 0.25) is 0 Å². The number of hydrogen-bond donors (Lipinski definition) is 0. The van der Waals surface area contributed by atoms with Crippen LogP contribution in [0, 0.1) is 10.8 Å². The highest BCUT2D eigenvalue weighted by Gasteiger charge is 2.37. The molecule has 0 aliphatic heterocycles. The van der Waals surface area contributed by atoms with Crippen molar-refractivity contribution in [3.8, 4) is 0 Å². The van der Waals surface area contributed by atoms with Crippen LogP contribution in [0.2, 0.25) is 0 Å². The topological polar surface area (TPSA) is 65.0 Å². The molecule has 15 heavy (non-hydrogen) atoms. The molecule has 0 aromatic heterocycles. The van der Waals surface area contributed by atoms with Crippen LogP contribution in [0.5, 0.6) is 0 Å². The molecule has 0 saturated heterocycles. The molecule has 1 atom stereocenters. The lowest BCUT2D eigenvalue weighted by Crippen LogP contribution is -2.13. The summed E-state index contributed by atoms with van der Waals surface area (Å²) in [6.45, 7) is 7.79. The summed E-state index contributed by atoms with van der Waals surface area (Å²) >= 11 is 0. The Kier molecular flexibility index (Phi) is 6.98. The SMILES string of the molecule is CCOP(=O)(OCC)C(CC(C)C)N=O. The average Bonchev–Trinajstić information content (AvgIpc) is 2.14. The summed E-state index contributed by atoms with van der Waals surface area (Å²) in [7, 11) is -3.36. The first kappa shape index (κ1) is 14.8. The van der Waals surface area contributed by atoms with Gasteiger partial charge in [-0.25, -0.2) is 0 Å². The first-order valence-electron chi connectivity index (χ1n) is 5.21. The predicted octanol–water partition coefficient (Wildman–Crippen LogP) is 3.39. The third-order valence-electron chi connectivity index (χ3n) is 1.79. The monoisotopic (exact) mass is 237 g/mol.